The predicted molar refractivity (Wildman–Crippen MR) is 99.7 cm³/mol. The lowest BCUT2D eigenvalue weighted by Gasteiger charge is -2.10. The number of anilines is 1. The molecule has 0 atom stereocenters. The first-order valence-electron chi connectivity index (χ1n) is 8.22. The van der Waals surface area contributed by atoms with Crippen LogP contribution in [0.4, 0.5) is 10.1 Å². The van der Waals surface area contributed by atoms with Crippen LogP contribution in [-0.2, 0) is 0 Å². The molecule has 0 spiro atoms. The van der Waals surface area contributed by atoms with E-state index in [2.05, 4.69) is 10.3 Å². The number of hydrogen-bond donors (Lipinski definition) is 1. The van der Waals surface area contributed by atoms with E-state index in [1.807, 2.05) is 60.1 Å². The second-order valence-corrected chi connectivity index (χ2v) is 6.09. The highest BCUT2D eigenvalue weighted by molar-refractivity contribution is 6.04. The third-order valence-corrected chi connectivity index (χ3v) is 4.23. The standard InChI is InChI=1S/C21H16FN3O/c1-14-8-9-15(19-13-25-10-3-2-7-20(25)23-19)12-18(14)24-21(26)16-5-4-6-17(22)11-16/h2-13H,1H3,(H,24,26). The van der Waals surface area contributed by atoms with Crippen LogP contribution in [0.2, 0.25) is 0 Å². The highest BCUT2D eigenvalue weighted by atomic mass is 19.1. The molecule has 0 saturated heterocycles. The first-order chi connectivity index (χ1) is 12.6. The maximum atomic E-state index is 13.3. The summed E-state index contributed by atoms with van der Waals surface area (Å²) in [5, 5.41) is 2.86. The molecule has 26 heavy (non-hydrogen) atoms. The zero-order valence-electron chi connectivity index (χ0n) is 14.1. The number of nitrogens with one attached hydrogen (secondary N) is 1. The van der Waals surface area contributed by atoms with Crippen molar-refractivity contribution in [2.45, 2.75) is 6.92 Å². The zero-order valence-corrected chi connectivity index (χ0v) is 14.1. The van der Waals surface area contributed by atoms with Crippen LogP contribution in [0.5, 0.6) is 0 Å². The molecule has 0 unspecified atom stereocenters. The van der Waals surface area contributed by atoms with Crippen LogP contribution < -0.4 is 5.32 Å². The van der Waals surface area contributed by atoms with Crippen molar-refractivity contribution in [3.8, 4) is 11.3 Å². The molecule has 2 heterocycles. The second-order valence-electron chi connectivity index (χ2n) is 6.09. The summed E-state index contributed by atoms with van der Waals surface area (Å²) in [4.78, 5) is 17.0. The Hall–Kier alpha value is -3.47. The van der Waals surface area contributed by atoms with Crippen molar-refractivity contribution in [1.82, 2.24) is 9.38 Å². The van der Waals surface area contributed by atoms with Crippen molar-refractivity contribution in [3.05, 3.63) is 90.0 Å². The number of hydrogen-bond acceptors (Lipinski definition) is 2. The van der Waals surface area contributed by atoms with Crippen LogP contribution in [0.1, 0.15) is 15.9 Å². The minimum atomic E-state index is -0.437. The van der Waals surface area contributed by atoms with Gasteiger partial charge in [0.2, 0.25) is 0 Å². The Labute approximate surface area is 149 Å². The Morgan fingerprint density at radius 2 is 1.96 bits per heavy atom. The Morgan fingerprint density at radius 3 is 2.77 bits per heavy atom. The number of carbonyl (C=O) groups is 1. The summed E-state index contributed by atoms with van der Waals surface area (Å²) < 4.78 is 15.3. The van der Waals surface area contributed by atoms with Crippen LogP contribution in [0.15, 0.2) is 73.1 Å². The average Bonchev–Trinajstić information content (AvgIpc) is 3.07. The van der Waals surface area contributed by atoms with Crippen LogP contribution in [0.25, 0.3) is 16.9 Å². The number of halogens is 1. The number of pyridine rings is 1. The van der Waals surface area contributed by atoms with E-state index in [0.717, 1.165) is 22.5 Å². The molecule has 0 aliphatic carbocycles. The molecule has 2 aromatic carbocycles. The number of rotatable bonds is 3. The molecule has 4 aromatic rings. The van der Waals surface area contributed by atoms with E-state index >= 15 is 0 Å². The molecule has 0 bridgehead atoms. The average molecular weight is 345 g/mol. The van der Waals surface area contributed by atoms with Crippen LogP contribution >= 0.6 is 0 Å². The van der Waals surface area contributed by atoms with Gasteiger partial charge in [0.15, 0.2) is 0 Å². The van der Waals surface area contributed by atoms with E-state index in [9.17, 15) is 9.18 Å². The molecule has 0 fully saturated rings. The van der Waals surface area contributed by atoms with Crippen LogP contribution in [-0.4, -0.2) is 15.3 Å². The van der Waals surface area contributed by atoms with Gasteiger partial charge in [0.1, 0.15) is 11.5 Å². The van der Waals surface area contributed by atoms with Gasteiger partial charge in [0.05, 0.1) is 5.69 Å². The van der Waals surface area contributed by atoms with Gasteiger partial charge >= 0.3 is 0 Å². The molecule has 2 aromatic heterocycles. The predicted octanol–water partition coefficient (Wildman–Crippen LogP) is 4.70. The van der Waals surface area contributed by atoms with Crippen molar-refractivity contribution in [3.63, 3.8) is 0 Å². The first-order valence-corrected chi connectivity index (χ1v) is 8.22. The van der Waals surface area contributed by atoms with E-state index in [0.29, 0.717) is 5.69 Å². The summed E-state index contributed by atoms with van der Waals surface area (Å²) in [6.07, 6.45) is 3.88. The lowest BCUT2D eigenvalue weighted by Crippen LogP contribution is -2.13. The number of nitrogens with zero attached hydrogens (tertiary/aromatic N) is 2. The summed E-state index contributed by atoms with van der Waals surface area (Å²) in [5.74, 6) is -0.785. The molecule has 1 amide bonds. The molecule has 0 aliphatic heterocycles. The maximum absolute atomic E-state index is 13.3. The number of carbonyl (C=O) groups excluding carboxylic acids is 1. The Kier molecular flexibility index (Phi) is 3.97. The molecule has 1 N–H and O–H groups in total. The summed E-state index contributed by atoms with van der Waals surface area (Å²) in [5.41, 5.74) is 4.44. The normalized spacial score (nSPS) is 10.8. The Bertz CT molecular complexity index is 1080. The minimum absolute atomic E-state index is 0.280. The fraction of sp³-hybridized carbons (Fsp3) is 0.0476. The topological polar surface area (TPSA) is 46.4 Å². The van der Waals surface area contributed by atoms with Gasteiger partial charge in [0.25, 0.3) is 5.91 Å². The van der Waals surface area contributed by atoms with Crippen LogP contribution in [0.3, 0.4) is 0 Å². The highest BCUT2D eigenvalue weighted by Crippen LogP contribution is 2.25. The second kappa shape index (κ2) is 6.44. The van der Waals surface area contributed by atoms with E-state index in [1.165, 1.54) is 18.2 Å². The van der Waals surface area contributed by atoms with Gasteiger partial charge in [0, 0.05) is 29.2 Å². The van der Waals surface area contributed by atoms with Crippen molar-refractivity contribution in [2.75, 3.05) is 5.32 Å². The lowest BCUT2D eigenvalue weighted by molar-refractivity contribution is 0.102. The molecule has 4 rings (SSSR count). The molecule has 0 radical (unpaired) electrons. The smallest absolute Gasteiger partial charge is 0.255 e. The molecule has 128 valence electrons. The van der Waals surface area contributed by atoms with Gasteiger partial charge in [-0.3, -0.25) is 4.79 Å². The van der Waals surface area contributed by atoms with Gasteiger partial charge < -0.3 is 9.72 Å². The van der Waals surface area contributed by atoms with Crippen LogP contribution in [0, 0.1) is 12.7 Å². The Morgan fingerprint density at radius 1 is 1.08 bits per heavy atom. The monoisotopic (exact) mass is 345 g/mol. The van der Waals surface area contributed by atoms with E-state index in [1.54, 1.807) is 6.07 Å². The molecule has 0 aliphatic rings. The molecular formula is C21H16FN3O. The van der Waals surface area contributed by atoms with Crippen molar-refractivity contribution < 1.29 is 9.18 Å². The fourth-order valence-electron chi connectivity index (χ4n) is 2.81. The number of benzene rings is 2. The maximum Gasteiger partial charge on any atom is 0.255 e. The summed E-state index contributed by atoms with van der Waals surface area (Å²) >= 11 is 0. The number of aryl methyl sites for hydroxylation is 1. The summed E-state index contributed by atoms with van der Waals surface area (Å²) in [6, 6.07) is 17.2. The number of fused-ring (bicyclic) bond motifs is 1. The SMILES string of the molecule is Cc1ccc(-c2cn3ccccc3n2)cc1NC(=O)c1cccc(F)c1. The highest BCUT2D eigenvalue weighted by Gasteiger charge is 2.11. The molecular weight excluding hydrogens is 329 g/mol. The van der Waals surface area contributed by atoms with Gasteiger partial charge in [-0.2, -0.15) is 0 Å². The van der Waals surface area contributed by atoms with Crippen molar-refractivity contribution in [2.24, 2.45) is 0 Å². The van der Waals surface area contributed by atoms with Gasteiger partial charge in [-0.15, -0.1) is 0 Å². The van der Waals surface area contributed by atoms with Gasteiger partial charge in [-0.05, 0) is 48.9 Å². The molecule has 4 nitrogen and oxygen atoms in total. The minimum Gasteiger partial charge on any atom is -0.322 e. The van der Waals surface area contributed by atoms with Crippen molar-refractivity contribution in [1.29, 1.82) is 0 Å². The third-order valence-electron chi connectivity index (χ3n) is 4.23. The van der Waals surface area contributed by atoms with E-state index in [-0.39, 0.29) is 11.5 Å². The lowest BCUT2D eigenvalue weighted by atomic mass is 10.1. The Balaban J connectivity index is 1.67. The van der Waals surface area contributed by atoms with E-state index < -0.39 is 5.82 Å². The summed E-state index contributed by atoms with van der Waals surface area (Å²) in [7, 11) is 0. The van der Waals surface area contributed by atoms with Crippen molar-refractivity contribution >= 4 is 17.2 Å². The van der Waals surface area contributed by atoms with Gasteiger partial charge in [-0.25, -0.2) is 9.37 Å². The largest absolute Gasteiger partial charge is 0.322 e. The molecule has 0 saturated carbocycles. The summed E-state index contributed by atoms with van der Waals surface area (Å²) in [6.45, 7) is 1.91. The number of imidazole rings is 1. The number of aromatic nitrogens is 2. The third kappa shape index (κ3) is 3.07. The first kappa shape index (κ1) is 16.0. The van der Waals surface area contributed by atoms with Gasteiger partial charge in [-0.1, -0.05) is 24.3 Å². The molecule has 5 heteroatoms. The quantitative estimate of drug-likeness (QED) is 0.585. The zero-order chi connectivity index (χ0) is 18.1. The number of amides is 1. The fourth-order valence-corrected chi connectivity index (χ4v) is 2.81. The van der Waals surface area contributed by atoms with E-state index in [4.69, 9.17) is 0 Å².